The van der Waals surface area contributed by atoms with E-state index in [-0.39, 0.29) is 17.2 Å². The Hall–Kier alpha value is -1.23. The molecule has 5 heteroatoms. The lowest BCUT2D eigenvalue weighted by Gasteiger charge is -2.19. The number of hydrogen-bond donors (Lipinski definition) is 0. The zero-order chi connectivity index (χ0) is 13.7. The molecule has 0 N–H and O–H groups in total. The lowest BCUT2D eigenvalue weighted by atomic mass is 10.1. The normalized spacial score (nSPS) is 19.9. The van der Waals surface area contributed by atoms with Gasteiger partial charge in [0, 0.05) is 29.7 Å². The standard InChI is InChI=1S/C14H18FNO2S/c1-2-18-14(17)16-8-7-13(19-10-9-16)11-5-3-4-6-12(11)15/h3-6,13H,2,7-10H2,1H3. The maximum absolute atomic E-state index is 13.8. The second-order valence-corrected chi connectivity index (χ2v) is 5.67. The van der Waals surface area contributed by atoms with E-state index in [0.29, 0.717) is 19.7 Å². The van der Waals surface area contributed by atoms with Crippen LogP contribution in [0.4, 0.5) is 9.18 Å². The highest BCUT2D eigenvalue weighted by molar-refractivity contribution is 7.99. The Morgan fingerprint density at radius 1 is 1.47 bits per heavy atom. The number of ether oxygens (including phenoxy) is 1. The number of rotatable bonds is 2. The first-order valence-corrected chi connectivity index (χ1v) is 7.55. The van der Waals surface area contributed by atoms with Gasteiger partial charge in [0.2, 0.25) is 0 Å². The third-order valence-corrected chi connectivity index (χ3v) is 4.43. The average molecular weight is 283 g/mol. The highest BCUT2D eigenvalue weighted by Gasteiger charge is 2.24. The summed E-state index contributed by atoms with van der Waals surface area (Å²) in [5.41, 5.74) is 0.734. The number of benzene rings is 1. The SMILES string of the molecule is CCOC(=O)N1CCSC(c2ccccc2F)CC1. The van der Waals surface area contributed by atoms with Gasteiger partial charge in [-0.15, -0.1) is 0 Å². The van der Waals surface area contributed by atoms with Gasteiger partial charge in [0.1, 0.15) is 5.82 Å². The number of nitrogens with zero attached hydrogens (tertiary/aromatic N) is 1. The van der Waals surface area contributed by atoms with Crippen LogP contribution >= 0.6 is 11.8 Å². The molecule has 1 aliphatic rings. The van der Waals surface area contributed by atoms with E-state index in [1.807, 2.05) is 12.1 Å². The third-order valence-electron chi connectivity index (χ3n) is 3.12. The largest absolute Gasteiger partial charge is 0.450 e. The second-order valence-electron chi connectivity index (χ2n) is 4.36. The van der Waals surface area contributed by atoms with Crippen LogP contribution in [0.15, 0.2) is 24.3 Å². The van der Waals surface area contributed by atoms with Crippen LogP contribution in [-0.2, 0) is 4.74 Å². The van der Waals surface area contributed by atoms with Crippen LogP contribution in [0.1, 0.15) is 24.2 Å². The number of carbonyl (C=O) groups excluding carboxylic acids is 1. The molecule has 1 aromatic carbocycles. The van der Waals surface area contributed by atoms with E-state index < -0.39 is 0 Å². The van der Waals surface area contributed by atoms with Crippen LogP contribution in [0.3, 0.4) is 0 Å². The molecule has 1 saturated heterocycles. The average Bonchev–Trinajstić information content (AvgIpc) is 2.65. The first-order chi connectivity index (χ1) is 9.22. The molecule has 2 rings (SSSR count). The molecule has 1 heterocycles. The van der Waals surface area contributed by atoms with Gasteiger partial charge in [0.15, 0.2) is 0 Å². The van der Waals surface area contributed by atoms with Crippen molar-refractivity contribution in [3.05, 3.63) is 35.6 Å². The van der Waals surface area contributed by atoms with Crippen molar-refractivity contribution in [1.82, 2.24) is 4.90 Å². The summed E-state index contributed by atoms with van der Waals surface area (Å²) in [6.07, 6.45) is 0.488. The predicted octanol–water partition coefficient (Wildman–Crippen LogP) is 3.46. The molecule has 1 amide bonds. The Morgan fingerprint density at radius 3 is 3.00 bits per heavy atom. The maximum atomic E-state index is 13.8. The molecule has 0 radical (unpaired) electrons. The minimum atomic E-state index is -0.266. The first-order valence-electron chi connectivity index (χ1n) is 6.50. The van der Waals surface area contributed by atoms with Gasteiger partial charge in [-0.2, -0.15) is 11.8 Å². The second kappa shape index (κ2) is 6.80. The fraction of sp³-hybridized carbons (Fsp3) is 0.500. The van der Waals surface area contributed by atoms with Crippen LogP contribution in [0, 0.1) is 5.82 Å². The summed E-state index contributed by atoms with van der Waals surface area (Å²) >= 11 is 1.70. The monoisotopic (exact) mass is 283 g/mol. The maximum Gasteiger partial charge on any atom is 0.409 e. The van der Waals surface area contributed by atoms with Gasteiger partial charge in [-0.05, 0) is 19.4 Å². The van der Waals surface area contributed by atoms with E-state index in [1.54, 1.807) is 29.7 Å². The number of hydrogen-bond acceptors (Lipinski definition) is 3. The molecular formula is C14H18FNO2S. The van der Waals surface area contributed by atoms with Gasteiger partial charge in [-0.25, -0.2) is 9.18 Å². The van der Waals surface area contributed by atoms with Crippen LogP contribution < -0.4 is 0 Å². The first kappa shape index (κ1) is 14.2. The number of amides is 1. The molecule has 1 fully saturated rings. The van der Waals surface area contributed by atoms with E-state index in [2.05, 4.69) is 0 Å². The van der Waals surface area contributed by atoms with E-state index in [1.165, 1.54) is 6.07 Å². The number of halogens is 1. The van der Waals surface area contributed by atoms with Crippen LogP contribution in [0.25, 0.3) is 0 Å². The van der Waals surface area contributed by atoms with E-state index in [4.69, 9.17) is 4.74 Å². The topological polar surface area (TPSA) is 29.5 Å². The van der Waals surface area contributed by atoms with Crippen molar-refractivity contribution in [2.75, 3.05) is 25.4 Å². The van der Waals surface area contributed by atoms with Crippen molar-refractivity contribution in [3.8, 4) is 0 Å². The summed E-state index contributed by atoms with van der Waals surface area (Å²) in [7, 11) is 0. The van der Waals surface area contributed by atoms with Crippen molar-refractivity contribution >= 4 is 17.9 Å². The van der Waals surface area contributed by atoms with Crippen molar-refractivity contribution in [2.24, 2.45) is 0 Å². The molecule has 0 saturated carbocycles. The minimum absolute atomic E-state index is 0.112. The summed E-state index contributed by atoms with van der Waals surface area (Å²) in [6, 6.07) is 6.87. The van der Waals surface area contributed by atoms with Crippen molar-refractivity contribution in [3.63, 3.8) is 0 Å². The van der Waals surface area contributed by atoms with E-state index >= 15 is 0 Å². The Balaban J connectivity index is 2.01. The molecule has 0 spiro atoms. The molecule has 104 valence electrons. The Bertz CT molecular complexity index is 441. The lowest BCUT2D eigenvalue weighted by molar-refractivity contribution is 0.109. The summed E-state index contributed by atoms with van der Waals surface area (Å²) in [6.45, 7) is 3.46. The van der Waals surface area contributed by atoms with Crippen molar-refractivity contribution in [2.45, 2.75) is 18.6 Å². The predicted molar refractivity (Wildman–Crippen MR) is 74.8 cm³/mol. The van der Waals surface area contributed by atoms with Crippen LogP contribution in [0.5, 0.6) is 0 Å². The van der Waals surface area contributed by atoms with Crippen molar-refractivity contribution in [1.29, 1.82) is 0 Å². The summed E-state index contributed by atoms with van der Waals surface area (Å²) in [5.74, 6) is 0.641. The Morgan fingerprint density at radius 2 is 2.26 bits per heavy atom. The van der Waals surface area contributed by atoms with Gasteiger partial charge in [-0.3, -0.25) is 0 Å². The zero-order valence-electron chi connectivity index (χ0n) is 11.0. The minimum Gasteiger partial charge on any atom is -0.450 e. The van der Waals surface area contributed by atoms with Gasteiger partial charge in [0.05, 0.1) is 6.61 Å². The van der Waals surface area contributed by atoms with Gasteiger partial charge in [0.25, 0.3) is 0 Å². The molecule has 0 aromatic heterocycles. The summed E-state index contributed by atoms with van der Waals surface area (Å²) in [5, 5.41) is 0.112. The smallest absolute Gasteiger partial charge is 0.409 e. The van der Waals surface area contributed by atoms with Crippen LogP contribution in [-0.4, -0.2) is 36.4 Å². The molecular weight excluding hydrogens is 265 g/mol. The molecule has 1 aromatic rings. The quantitative estimate of drug-likeness (QED) is 0.832. The number of carbonyl (C=O) groups is 1. The summed E-state index contributed by atoms with van der Waals surface area (Å²) in [4.78, 5) is 13.4. The highest BCUT2D eigenvalue weighted by Crippen LogP contribution is 2.35. The van der Waals surface area contributed by atoms with Crippen molar-refractivity contribution < 1.29 is 13.9 Å². The lowest BCUT2D eigenvalue weighted by Crippen LogP contribution is -2.33. The van der Waals surface area contributed by atoms with Gasteiger partial charge in [-0.1, -0.05) is 18.2 Å². The Kier molecular flexibility index (Phi) is 5.07. The molecule has 3 nitrogen and oxygen atoms in total. The third kappa shape index (κ3) is 3.62. The molecule has 19 heavy (non-hydrogen) atoms. The molecule has 1 atom stereocenters. The molecule has 1 aliphatic heterocycles. The molecule has 0 aliphatic carbocycles. The Labute approximate surface area is 117 Å². The summed E-state index contributed by atoms with van der Waals surface area (Å²) < 4.78 is 18.8. The van der Waals surface area contributed by atoms with Gasteiger partial charge >= 0.3 is 6.09 Å². The fourth-order valence-electron chi connectivity index (χ4n) is 2.15. The molecule has 1 unspecified atom stereocenters. The molecule has 0 bridgehead atoms. The van der Waals surface area contributed by atoms with Gasteiger partial charge < -0.3 is 9.64 Å². The highest BCUT2D eigenvalue weighted by atomic mass is 32.2. The van der Waals surface area contributed by atoms with Crippen LogP contribution in [0.2, 0.25) is 0 Å². The van der Waals surface area contributed by atoms with E-state index in [0.717, 1.165) is 17.7 Å². The fourth-order valence-corrected chi connectivity index (χ4v) is 3.41. The van der Waals surface area contributed by atoms with E-state index in [9.17, 15) is 9.18 Å². The zero-order valence-corrected chi connectivity index (χ0v) is 11.8. The number of thioether (sulfide) groups is 1.